The fourth-order valence-corrected chi connectivity index (χ4v) is 5.74. The maximum absolute atomic E-state index is 15.1. The van der Waals surface area contributed by atoms with E-state index in [4.69, 9.17) is 19.4 Å². The Morgan fingerprint density at radius 3 is 2.25 bits per heavy atom. The number of hydrogen-bond acceptors (Lipinski definition) is 10. The van der Waals surface area contributed by atoms with Crippen LogP contribution in [0.5, 0.6) is 0 Å². The lowest BCUT2D eigenvalue weighted by Crippen LogP contribution is -2.45. The average Bonchev–Trinajstić information content (AvgIpc) is 2.78. The Kier molecular flexibility index (Phi) is 7.55. The van der Waals surface area contributed by atoms with E-state index in [1.165, 1.54) is 0 Å². The fourth-order valence-electron chi connectivity index (χ4n) is 2.71. The Bertz CT molecular complexity index is 1140. The molecule has 2 rings (SSSR count). The lowest BCUT2D eigenvalue weighted by Gasteiger charge is -2.26. The molecule has 0 aromatic carbocycles. The number of aliphatic hydroxyl groups excluding tert-OH is 1. The molecule has 1 aliphatic heterocycles. The minimum atomic E-state index is -5.82. The van der Waals surface area contributed by atoms with Crippen molar-refractivity contribution >= 4 is 23.5 Å². The molecule has 0 saturated carbocycles. The molecule has 1 saturated heterocycles. The minimum absolute atomic E-state index is 0.338. The molecule has 0 amide bonds. The Hall–Kier alpha value is -1.13. The number of aromatic nitrogens is 2. The number of alkyl halides is 1. The molecule has 1 aromatic rings. The summed E-state index contributed by atoms with van der Waals surface area (Å²) in [7, 11) is -17.1. The summed E-state index contributed by atoms with van der Waals surface area (Å²) in [6.45, 7) is 0.430. The van der Waals surface area contributed by atoms with Gasteiger partial charge in [0.2, 0.25) is 5.82 Å². The van der Waals surface area contributed by atoms with Crippen LogP contribution in [0.1, 0.15) is 18.8 Å². The number of phosphoric ester groups is 1. The zero-order valence-electron chi connectivity index (χ0n) is 15.9. The van der Waals surface area contributed by atoms with E-state index in [2.05, 4.69) is 13.1 Å². The first-order valence-electron chi connectivity index (χ1n) is 8.09. The molecule has 6 atom stereocenters. The van der Waals surface area contributed by atoms with Crippen molar-refractivity contribution in [2.75, 3.05) is 6.61 Å². The van der Waals surface area contributed by atoms with Crippen molar-refractivity contribution in [1.29, 1.82) is 0 Å². The standard InChI is InChI=1S/C11H17F2N2O14P3/c1-4-6(12)8(17)14-10(18)15(4)9-11(2,13)7(16)5(27-9)3-26-31(22,23)29-32(24,25)28-30(19,20)21/h5,7,9,16H,3H2,1-2H3,(H,22,23)(H,24,25)(H,14,17,18)(H2,19,20,21)/t5-,7?,9-,11-/m1/s1. The predicted octanol–water partition coefficient (Wildman–Crippen LogP) is -0.686. The zero-order valence-corrected chi connectivity index (χ0v) is 18.6. The maximum atomic E-state index is 15.1. The van der Waals surface area contributed by atoms with Gasteiger partial charge in [-0.1, -0.05) is 0 Å². The number of aliphatic hydroxyl groups is 1. The van der Waals surface area contributed by atoms with E-state index < -0.39 is 76.9 Å². The van der Waals surface area contributed by atoms with Crippen LogP contribution in [0.3, 0.4) is 0 Å². The number of aromatic amines is 1. The highest BCUT2D eigenvalue weighted by molar-refractivity contribution is 7.66. The molecule has 1 aromatic heterocycles. The minimum Gasteiger partial charge on any atom is -0.387 e. The van der Waals surface area contributed by atoms with E-state index in [1.54, 1.807) is 4.98 Å². The van der Waals surface area contributed by atoms with Gasteiger partial charge < -0.3 is 29.4 Å². The van der Waals surface area contributed by atoms with Gasteiger partial charge >= 0.3 is 29.2 Å². The molecule has 0 bridgehead atoms. The molecule has 16 nitrogen and oxygen atoms in total. The highest BCUT2D eigenvalue weighted by Crippen LogP contribution is 2.66. The van der Waals surface area contributed by atoms with Crippen LogP contribution in [0.15, 0.2) is 9.59 Å². The second-order valence-corrected chi connectivity index (χ2v) is 11.0. The lowest BCUT2D eigenvalue weighted by atomic mass is 9.98. The molecule has 184 valence electrons. The van der Waals surface area contributed by atoms with Gasteiger partial charge in [-0.15, -0.1) is 0 Å². The molecule has 1 aliphatic rings. The molecular weight excluding hydrogens is 515 g/mol. The van der Waals surface area contributed by atoms with Crippen LogP contribution in [0.4, 0.5) is 8.78 Å². The van der Waals surface area contributed by atoms with Crippen molar-refractivity contribution in [3.8, 4) is 0 Å². The SMILES string of the molecule is Cc1c(F)c(=O)[nH]c(=O)n1[C@@H]1O[C@H](COP(=O)(O)OP(=O)(O)OP(=O)(O)O)C(O)[C@@]1(C)F. The topological polar surface area (TPSA) is 244 Å². The largest absolute Gasteiger partial charge is 0.490 e. The van der Waals surface area contributed by atoms with E-state index in [0.29, 0.717) is 4.57 Å². The van der Waals surface area contributed by atoms with Gasteiger partial charge in [0.25, 0.3) is 5.56 Å². The first kappa shape index (κ1) is 27.1. The number of nitrogens with one attached hydrogen (secondary N) is 1. The lowest BCUT2D eigenvalue weighted by molar-refractivity contribution is -0.0620. The first-order valence-corrected chi connectivity index (χ1v) is 12.6. The van der Waals surface area contributed by atoms with Crippen LogP contribution in [0, 0.1) is 12.7 Å². The summed E-state index contributed by atoms with van der Waals surface area (Å²) >= 11 is 0. The number of phosphoric acid groups is 3. The number of nitrogens with zero attached hydrogens (tertiary/aromatic N) is 1. The van der Waals surface area contributed by atoms with Crippen LogP contribution < -0.4 is 11.2 Å². The highest BCUT2D eigenvalue weighted by Gasteiger charge is 2.56. The van der Waals surface area contributed by atoms with Gasteiger partial charge in [0.1, 0.15) is 12.2 Å². The number of rotatable bonds is 8. The van der Waals surface area contributed by atoms with Crippen molar-refractivity contribution in [2.45, 2.75) is 38.0 Å². The van der Waals surface area contributed by atoms with E-state index in [-0.39, 0.29) is 0 Å². The van der Waals surface area contributed by atoms with E-state index >= 15 is 4.39 Å². The third-order valence-electron chi connectivity index (χ3n) is 4.09. The number of halogens is 2. The molecular formula is C11H17F2N2O14P3. The molecule has 6 N–H and O–H groups in total. The maximum Gasteiger partial charge on any atom is 0.490 e. The summed E-state index contributed by atoms with van der Waals surface area (Å²) < 4.78 is 79.3. The molecule has 0 spiro atoms. The van der Waals surface area contributed by atoms with Crippen molar-refractivity contribution in [2.24, 2.45) is 0 Å². The number of H-pyrrole nitrogens is 1. The summed E-state index contributed by atoms with van der Waals surface area (Å²) in [5, 5.41) is 10.1. The van der Waals surface area contributed by atoms with Crippen LogP contribution >= 0.6 is 23.5 Å². The Balaban J connectivity index is 2.22. The normalized spacial score (nSPS) is 30.1. The Morgan fingerprint density at radius 2 is 1.72 bits per heavy atom. The summed E-state index contributed by atoms with van der Waals surface area (Å²) in [4.78, 5) is 60.3. The fraction of sp³-hybridized carbons (Fsp3) is 0.636. The van der Waals surface area contributed by atoms with Crippen molar-refractivity contribution < 1.29 is 65.0 Å². The molecule has 0 aliphatic carbocycles. The van der Waals surface area contributed by atoms with Crippen LogP contribution in [-0.2, 0) is 31.6 Å². The van der Waals surface area contributed by atoms with Crippen molar-refractivity contribution in [3.05, 3.63) is 32.3 Å². The highest BCUT2D eigenvalue weighted by atomic mass is 31.3. The van der Waals surface area contributed by atoms with Crippen LogP contribution in [0.25, 0.3) is 0 Å². The summed E-state index contributed by atoms with van der Waals surface area (Å²) in [6.07, 6.45) is -6.12. The smallest absolute Gasteiger partial charge is 0.387 e. The molecule has 1 fully saturated rings. The molecule has 3 unspecified atom stereocenters. The van der Waals surface area contributed by atoms with Gasteiger partial charge in [-0.2, -0.15) is 13.0 Å². The molecule has 21 heteroatoms. The van der Waals surface area contributed by atoms with Crippen molar-refractivity contribution in [3.63, 3.8) is 0 Å². The number of hydrogen-bond donors (Lipinski definition) is 6. The first-order chi connectivity index (χ1) is 14.3. The molecule has 32 heavy (non-hydrogen) atoms. The summed E-state index contributed by atoms with van der Waals surface area (Å²) in [5.74, 6) is -1.45. The molecule has 2 heterocycles. The van der Waals surface area contributed by atoms with Gasteiger partial charge in [-0.3, -0.25) is 18.9 Å². The third kappa shape index (κ3) is 6.05. The van der Waals surface area contributed by atoms with E-state index in [0.717, 1.165) is 13.8 Å². The predicted molar refractivity (Wildman–Crippen MR) is 95.3 cm³/mol. The monoisotopic (exact) mass is 532 g/mol. The number of ether oxygens (including phenoxy) is 1. The van der Waals surface area contributed by atoms with E-state index in [1.807, 2.05) is 0 Å². The van der Waals surface area contributed by atoms with Gasteiger partial charge in [0, 0.05) is 0 Å². The quantitative estimate of drug-likeness (QED) is 0.227. The summed E-state index contributed by atoms with van der Waals surface area (Å²) in [6, 6.07) is 0. The zero-order chi connectivity index (χ0) is 24.9. The van der Waals surface area contributed by atoms with Gasteiger partial charge in [0.15, 0.2) is 11.9 Å². The second-order valence-electron chi connectivity index (χ2n) is 6.54. The summed E-state index contributed by atoms with van der Waals surface area (Å²) in [5.41, 5.74) is -6.22. The van der Waals surface area contributed by atoms with Crippen LogP contribution in [-0.4, -0.2) is 58.7 Å². The Morgan fingerprint density at radius 1 is 1.16 bits per heavy atom. The van der Waals surface area contributed by atoms with Gasteiger partial charge in [-0.05, 0) is 13.8 Å². The van der Waals surface area contributed by atoms with Gasteiger partial charge in [0.05, 0.1) is 12.3 Å². The molecule has 0 radical (unpaired) electrons. The van der Waals surface area contributed by atoms with E-state index in [9.17, 15) is 37.7 Å². The second kappa shape index (κ2) is 8.91. The van der Waals surface area contributed by atoms with Gasteiger partial charge in [-0.25, -0.2) is 22.9 Å². The third-order valence-corrected chi connectivity index (χ3v) is 7.89. The van der Waals surface area contributed by atoms with Crippen molar-refractivity contribution in [1.82, 2.24) is 9.55 Å². The van der Waals surface area contributed by atoms with Crippen LogP contribution in [0.2, 0.25) is 0 Å². The average molecular weight is 532 g/mol. The Labute approximate surface area is 175 Å².